The van der Waals surface area contributed by atoms with Gasteiger partial charge in [-0.1, -0.05) is 115 Å². The van der Waals surface area contributed by atoms with Crippen LogP contribution in [0.2, 0.25) is 0 Å². The summed E-state index contributed by atoms with van der Waals surface area (Å²) in [6, 6.07) is 50.6. The molecule has 240 valence electrons. The lowest BCUT2D eigenvalue weighted by molar-refractivity contribution is 0.328. The van der Waals surface area contributed by atoms with Gasteiger partial charge in [-0.3, -0.25) is 5.32 Å². The molecule has 2 N–H and O–H groups in total. The van der Waals surface area contributed by atoms with Gasteiger partial charge in [-0.15, -0.1) is 11.3 Å². The minimum absolute atomic E-state index is 0.0681. The third-order valence-corrected chi connectivity index (χ3v) is 11.5. The summed E-state index contributed by atoms with van der Waals surface area (Å²) in [6.45, 7) is 0. The van der Waals surface area contributed by atoms with Crippen molar-refractivity contribution in [3.05, 3.63) is 175 Å². The Morgan fingerprint density at radius 3 is 2.26 bits per heavy atom. The first-order chi connectivity index (χ1) is 24.8. The second-order valence-corrected chi connectivity index (χ2v) is 14.3. The second-order valence-electron chi connectivity index (χ2n) is 13.2. The molecule has 0 saturated carbocycles. The zero-order valence-electron chi connectivity index (χ0n) is 27.3. The minimum atomic E-state index is -0.124. The number of benzene rings is 6. The van der Waals surface area contributed by atoms with E-state index >= 15 is 0 Å². The SMILES string of the molecule is C1=CCC(C2NC(c3ccc(-n4c5ccccc5c5cc(-c6cccc7c6sc6ccccc67)ccc54)cc3)=NC(c3ccccc3)N2)C=C1. The summed E-state index contributed by atoms with van der Waals surface area (Å²) in [5.41, 5.74) is 8.30. The van der Waals surface area contributed by atoms with Gasteiger partial charge in [0.2, 0.25) is 0 Å². The zero-order chi connectivity index (χ0) is 33.0. The monoisotopic (exact) mass is 662 g/mol. The fourth-order valence-electron chi connectivity index (χ4n) is 7.77. The fraction of sp³-hybridized carbons (Fsp3) is 0.0889. The summed E-state index contributed by atoms with van der Waals surface area (Å²) in [7, 11) is 0. The molecule has 5 heteroatoms. The Labute approximate surface area is 294 Å². The van der Waals surface area contributed by atoms with Crippen LogP contribution in [0.4, 0.5) is 0 Å². The molecule has 0 fully saturated rings. The highest BCUT2D eigenvalue weighted by Gasteiger charge is 2.29. The highest BCUT2D eigenvalue weighted by Crippen LogP contribution is 2.42. The third kappa shape index (κ3) is 4.89. The highest BCUT2D eigenvalue weighted by atomic mass is 32.1. The van der Waals surface area contributed by atoms with Crippen LogP contribution in [0.3, 0.4) is 0 Å². The van der Waals surface area contributed by atoms with Gasteiger partial charge in [0, 0.05) is 48.1 Å². The second kappa shape index (κ2) is 12.0. The quantitative estimate of drug-likeness (QED) is 0.193. The molecule has 1 aliphatic heterocycles. The number of nitrogens with zero attached hydrogens (tertiary/aromatic N) is 2. The van der Waals surface area contributed by atoms with Gasteiger partial charge in [-0.25, -0.2) is 4.99 Å². The highest BCUT2D eigenvalue weighted by molar-refractivity contribution is 7.26. The number of hydrogen-bond acceptors (Lipinski definition) is 4. The van der Waals surface area contributed by atoms with Gasteiger partial charge in [-0.05, 0) is 71.6 Å². The van der Waals surface area contributed by atoms with Crippen LogP contribution in [0.15, 0.2) is 169 Å². The number of nitrogens with one attached hydrogen (secondary N) is 2. The molecule has 50 heavy (non-hydrogen) atoms. The van der Waals surface area contributed by atoms with Gasteiger partial charge in [0.15, 0.2) is 0 Å². The standard InChI is InChI=1S/C45H34N4S/c1-3-12-29(13-4-1)43-46-44(30-14-5-2-6-15-30)48-45(47-43)31-22-25-33(26-23-31)49-39-20-9-7-16-35(39)38-28-32(24-27-40(38)49)34-18-11-19-37-36-17-8-10-21-41(36)50-42(34)37/h1-14,16-28,30,43-44,46H,15H2,(H,47,48). The van der Waals surface area contributed by atoms with Crippen LogP contribution in [-0.4, -0.2) is 16.6 Å². The lowest BCUT2D eigenvalue weighted by atomic mass is 9.95. The number of hydrogen-bond donors (Lipinski definition) is 2. The summed E-state index contributed by atoms with van der Waals surface area (Å²) >= 11 is 1.88. The van der Waals surface area contributed by atoms with Gasteiger partial charge in [0.1, 0.15) is 12.0 Å². The molecule has 3 atom stereocenters. The molecule has 10 rings (SSSR count). The van der Waals surface area contributed by atoms with Crippen LogP contribution >= 0.6 is 11.3 Å². The lowest BCUT2D eigenvalue weighted by Crippen LogP contribution is -2.54. The number of para-hydroxylation sites is 1. The van der Waals surface area contributed by atoms with Crippen LogP contribution in [0.25, 0.3) is 58.8 Å². The number of fused-ring (bicyclic) bond motifs is 6. The maximum Gasteiger partial charge on any atom is 0.131 e. The van der Waals surface area contributed by atoms with E-state index in [9.17, 15) is 0 Å². The topological polar surface area (TPSA) is 41.4 Å². The largest absolute Gasteiger partial charge is 0.354 e. The van der Waals surface area contributed by atoms with Gasteiger partial charge < -0.3 is 9.88 Å². The van der Waals surface area contributed by atoms with Crippen LogP contribution in [0.5, 0.6) is 0 Å². The molecule has 1 aliphatic carbocycles. The average molecular weight is 663 g/mol. The Bertz CT molecular complexity index is 2640. The predicted octanol–water partition coefficient (Wildman–Crippen LogP) is 10.9. The Morgan fingerprint density at radius 2 is 1.40 bits per heavy atom. The van der Waals surface area contributed by atoms with Crippen molar-refractivity contribution in [1.82, 2.24) is 15.2 Å². The van der Waals surface area contributed by atoms with Crippen molar-refractivity contribution in [2.45, 2.75) is 18.8 Å². The molecule has 0 amide bonds. The number of thiophene rings is 1. The van der Waals surface area contributed by atoms with E-state index in [1.54, 1.807) is 0 Å². The summed E-state index contributed by atoms with van der Waals surface area (Å²) < 4.78 is 5.07. The van der Waals surface area contributed by atoms with Crippen molar-refractivity contribution in [3.8, 4) is 16.8 Å². The van der Waals surface area contributed by atoms with Crippen molar-refractivity contribution < 1.29 is 0 Å². The summed E-state index contributed by atoms with van der Waals surface area (Å²) in [4.78, 5) is 5.18. The Balaban J connectivity index is 1.05. The molecular formula is C45H34N4S. The Kier molecular flexibility index (Phi) is 7.00. The summed E-state index contributed by atoms with van der Waals surface area (Å²) in [5, 5.41) is 12.7. The summed E-state index contributed by atoms with van der Waals surface area (Å²) in [6.07, 6.45) is 9.74. The molecule has 2 aliphatic rings. The Morgan fingerprint density at radius 1 is 0.640 bits per heavy atom. The van der Waals surface area contributed by atoms with E-state index in [1.807, 2.05) is 11.3 Å². The first-order valence-electron chi connectivity index (χ1n) is 17.3. The van der Waals surface area contributed by atoms with E-state index in [1.165, 1.54) is 53.1 Å². The molecule has 0 saturated heterocycles. The molecule has 0 bridgehead atoms. The first-order valence-corrected chi connectivity index (χ1v) is 18.1. The molecule has 0 spiro atoms. The number of aromatic nitrogens is 1. The van der Waals surface area contributed by atoms with Crippen LogP contribution in [0.1, 0.15) is 23.7 Å². The normalized spacial score (nSPS) is 19.0. The lowest BCUT2D eigenvalue weighted by Gasteiger charge is -2.35. The zero-order valence-corrected chi connectivity index (χ0v) is 28.1. The summed E-state index contributed by atoms with van der Waals surface area (Å²) in [5.74, 6) is 1.25. The van der Waals surface area contributed by atoms with E-state index in [4.69, 9.17) is 4.99 Å². The van der Waals surface area contributed by atoms with Crippen LogP contribution in [-0.2, 0) is 0 Å². The molecule has 8 aromatic rings. The van der Waals surface area contributed by atoms with Crippen molar-refractivity contribution >= 4 is 59.2 Å². The van der Waals surface area contributed by atoms with Gasteiger partial charge in [-0.2, -0.15) is 0 Å². The number of aliphatic imine (C=N–C) groups is 1. The maximum absolute atomic E-state index is 5.18. The molecule has 0 radical (unpaired) electrons. The molecular weight excluding hydrogens is 629 g/mol. The van der Waals surface area contributed by atoms with Gasteiger partial charge in [0.25, 0.3) is 0 Å². The van der Waals surface area contributed by atoms with Crippen LogP contribution < -0.4 is 10.6 Å². The van der Waals surface area contributed by atoms with Crippen molar-refractivity contribution in [1.29, 1.82) is 0 Å². The van der Waals surface area contributed by atoms with Gasteiger partial charge in [0.05, 0.1) is 17.2 Å². The number of rotatable bonds is 5. The molecule has 4 nitrogen and oxygen atoms in total. The molecule has 3 unspecified atom stereocenters. The van der Waals surface area contributed by atoms with E-state index in [2.05, 4.69) is 179 Å². The van der Waals surface area contributed by atoms with Crippen molar-refractivity contribution in [2.24, 2.45) is 10.9 Å². The minimum Gasteiger partial charge on any atom is -0.354 e. The van der Waals surface area contributed by atoms with Crippen LogP contribution in [0, 0.1) is 5.92 Å². The third-order valence-electron chi connectivity index (χ3n) is 10.2. The van der Waals surface area contributed by atoms with Gasteiger partial charge >= 0.3 is 0 Å². The maximum atomic E-state index is 5.18. The van der Waals surface area contributed by atoms with E-state index in [-0.39, 0.29) is 12.3 Å². The Hall–Kier alpha value is -5.75. The fourth-order valence-corrected chi connectivity index (χ4v) is 9.00. The first kappa shape index (κ1) is 29.2. The molecule has 3 heterocycles. The smallest absolute Gasteiger partial charge is 0.131 e. The van der Waals surface area contributed by atoms with E-state index in [0.717, 1.165) is 29.1 Å². The molecule has 2 aromatic heterocycles. The number of allylic oxidation sites excluding steroid dienone is 3. The average Bonchev–Trinajstić information content (AvgIpc) is 3.74. The van der Waals surface area contributed by atoms with Crippen molar-refractivity contribution in [2.75, 3.05) is 0 Å². The van der Waals surface area contributed by atoms with E-state index < -0.39 is 0 Å². The number of amidine groups is 1. The molecule has 6 aromatic carbocycles. The predicted molar refractivity (Wildman–Crippen MR) is 211 cm³/mol. The van der Waals surface area contributed by atoms with Crippen molar-refractivity contribution in [3.63, 3.8) is 0 Å². The van der Waals surface area contributed by atoms with E-state index in [0.29, 0.717) is 5.92 Å².